The first-order valence-corrected chi connectivity index (χ1v) is 7.75. The first-order chi connectivity index (χ1) is 9.79. The molecule has 0 aromatic heterocycles. The minimum absolute atomic E-state index is 0.0470. The normalized spacial score (nSPS) is 11.1. The zero-order chi connectivity index (χ0) is 15.6. The lowest BCUT2D eigenvalue weighted by Gasteiger charge is -2.10. The van der Waals surface area contributed by atoms with E-state index in [1.54, 1.807) is 0 Å². The Bertz CT molecular complexity index is 785. The van der Waals surface area contributed by atoms with Crippen LogP contribution in [-0.2, 0) is 10.1 Å². The summed E-state index contributed by atoms with van der Waals surface area (Å²) in [5, 5.41) is 0.292. The predicted octanol–water partition coefficient (Wildman–Crippen LogP) is 2.86. The van der Waals surface area contributed by atoms with E-state index >= 15 is 0 Å². The van der Waals surface area contributed by atoms with E-state index in [9.17, 15) is 13.2 Å². The summed E-state index contributed by atoms with van der Waals surface area (Å²) in [4.78, 5) is 11.0. The Labute approximate surface area is 131 Å². The molecule has 2 aromatic carbocycles. The van der Waals surface area contributed by atoms with E-state index in [0.717, 1.165) is 0 Å². The van der Waals surface area contributed by atoms with Gasteiger partial charge >= 0.3 is 10.1 Å². The molecule has 0 bridgehead atoms. The Morgan fingerprint density at radius 1 is 1.05 bits per heavy atom. The highest BCUT2D eigenvalue weighted by molar-refractivity contribution is 7.87. The van der Waals surface area contributed by atoms with E-state index in [-0.39, 0.29) is 26.3 Å². The fourth-order valence-corrected chi connectivity index (χ4v) is 3.26. The highest BCUT2D eigenvalue weighted by Gasteiger charge is 2.21. The van der Waals surface area contributed by atoms with Crippen LogP contribution in [0.25, 0.3) is 0 Å². The molecule has 0 aliphatic heterocycles. The second-order valence-electron chi connectivity index (χ2n) is 4.00. The van der Waals surface area contributed by atoms with Crippen LogP contribution >= 0.6 is 23.2 Å². The van der Waals surface area contributed by atoms with Gasteiger partial charge in [0.25, 0.3) is 5.91 Å². The number of nitrogens with two attached hydrogens (primary N) is 1. The summed E-state index contributed by atoms with van der Waals surface area (Å²) in [6.45, 7) is 0. The number of amides is 1. The molecule has 2 rings (SSSR count). The fraction of sp³-hybridized carbons (Fsp3) is 0. The van der Waals surface area contributed by atoms with Gasteiger partial charge in [0.05, 0.1) is 5.56 Å². The topological polar surface area (TPSA) is 86.5 Å². The van der Waals surface area contributed by atoms with Crippen molar-refractivity contribution in [3.63, 3.8) is 0 Å². The first kappa shape index (κ1) is 15.6. The summed E-state index contributed by atoms with van der Waals surface area (Å²) in [5.41, 5.74) is 5.12. The number of hydrogen-bond acceptors (Lipinski definition) is 4. The van der Waals surface area contributed by atoms with E-state index in [1.807, 2.05) is 0 Å². The SMILES string of the molecule is NC(=O)c1ccccc1OS(=O)(=O)c1cc(Cl)cc(Cl)c1. The number of carbonyl (C=O) groups excluding carboxylic acids is 1. The van der Waals surface area contributed by atoms with Crippen LogP contribution in [0.3, 0.4) is 0 Å². The number of primary amides is 1. The molecule has 0 radical (unpaired) electrons. The summed E-state index contributed by atoms with van der Waals surface area (Å²) < 4.78 is 29.3. The maximum Gasteiger partial charge on any atom is 0.339 e. The van der Waals surface area contributed by atoms with E-state index in [1.165, 1.54) is 42.5 Å². The van der Waals surface area contributed by atoms with Gasteiger partial charge in [-0.05, 0) is 30.3 Å². The molecule has 0 unspecified atom stereocenters. The Morgan fingerprint density at radius 2 is 1.62 bits per heavy atom. The molecule has 0 atom stereocenters. The molecule has 0 aliphatic carbocycles. The third-order valence-electron chi connectivity index (χ3n) is 2.48. The third kappa shape index (κ3) is 3.66. The predicted molar refractivity (Wildman–Crippen MR) is 79.2 cm³/mol. The molecule has 0 spiro atoms. The average molecular weight is 346 g/mol. The molecule has 2 aromatic rings. The molecule has 8 heteroatoms. The number of halogens is 2. The van der Waals surface area contributed by atoms with Crippen LogP contribution in [0.15, 0.2) is 47.4 Å². The minimum atomic E-state index is -4.19. The molecule has 110 valence electrons. The molecule has 0 fully saturated rings. The summed E-state index contributed by atoms with van der Waals surface area (Å²) in [6, 6.07) is 9.50. The smallest absolute Gasteiger partial charge is 0.339 e. The standard InChI is InChI=1S/C13H9Cl2NO4S/c14-8-5-9(15)7-10(6-8)21(18,19)20-12-4-2-1-3-11(12)13(16)17/h1-7H,(H2,16,17). The van der Waals surface area contributed by atoms with Crippen molar-refractivity contribution in [1.82, 2.24) is 0 Å². The van der Waals surface area contributed by atoms with Crippen molar-refractivity contribution in [1.29, 1.82) is 0 Å². The van der Waals surface area contributed by atoms with Crippen molar-refractivity contribution < 1.29 is 17.4 Å². The Balaban J connectivity index is 2.45. The van der Waals surface area contributed by atoms with E-state index in [4.69, 9.17) is 33.1 Å². The largest absolute Gasteiger partial charge is 0.378 e. The van der Waals surface area contributed by atoms with Gasteiger partial charge in [-0.15, -0.1) is 0 Å². The summed E-state index contributed by atoms with van der Waals surface area (Å²) in [5.74, 6) is -0.967. The van der Waals surface area contributed by atoms with Crippen LogP contribution in [0.2, 0.25) is 10.0 Å². The fourth-order valence-electron chi connectivity index (χ4n) is 1.58. The zero-order valence-corrected chi connectivity index (χ0v) is 12.7. The molecule has 0 saturated heterocycles. The summed E-state index contributed by atoms with van der Waals surface area (Å²) in [7, 11) is -4.19. The summed E-state index contributed by atoms with van der Waals surface area (Å²) >= 11 is 11.5. The minimum Gasteiger partial charge on any atom is -0.378 e. The number of rotatable bonds is 4. The maximum atomic E-state index is 12.2. The van der Waals surface area contributed by atoms with Crippen molar-refractivity contribution in [2.24, 2.45) is 5.73 Å². The van der Waals surface area contributed by atoms with Crippen molar-refractivity contribution >= 4 is 39.2 Å². The van der Waals surface area contributed by atoms with E-state index in [0.29, 0.717) is 0 Å². The van der Waals surface area contributed by atoms with Gasteiger partial charge in [0.1, 0.15) is 4.90 Å². The molecular formula is C13H9Cl2NO4S. The number of hydrogen-bond donors (Lipinski definition) is 1. The van der Waals surface area contributed by atoms with Crippen molar-refractivity contribution in [3.8, 4) is 5.75 Å². The van der Waals surface area contributed by atoms with Gasteiger partial charge < -0.3 is 9.92 Å². The van der Waals surface area contributed by atoms with Crippen molar-refractivity contribution in [3.05, 3.63) is 58.1 Å². The van der Waals surface area contributed by atoms with Crippen LogP contribution in [0.5, 0.6) is 5.75 Å². The zero-order valence-electron chi connectivity index (χ0n) is 10.4. The van der Waals surface area contributed by atoms with Crippen LogP contribution in [0, 0.1) is 0 Å². The first-order valence-electron chi connectivity index (χ1n) is 5.59. The van der Waals surface area contributed by atoms with Crippen molar-refractivity contribution in [2.45, 2.75) is 4.90 Å². The third-order valence-corrected chi connectivity index (χ3v) is 4.13. The van der Waals surface area contributed by atoms with Gasteiger partial charge in [0.2, 0.25) is 0 Å². The van der Waals surface area contributed by atoms with Gasteiger partial charge in [-0.25, -0.2) is 0 Å². The lowest BCUT2D eigenvalue weighted by Crippen LogP contribution is -2.16. The van der Waals surface area contributed by atoms with Gasteiger partial charge in [-0.1, -0.05) is 35.3 Å². The molecule has 21 heavy (non-hydrogen) atoms. The number of carbonyl (C=O) groups is 1. The average Bonchev–Trinajstić information content (AvgIpc) is 2.37. The van der Waals surface area contributed by atoms with Crippen LogP contribution in [0.4, 0.5) is 0 Å². The summed E-state index contributed by atoms with van der Waals surface area (Å²) in [6.07, 6.45) is 0. The van der Waals surface area contributed by atoms with Crippen LogP contribution in [-0.4, -0.2) is 14.3 Å². The molecule has 2 N–H and O–H groups in total. The molecule has 0 saturated carbocycles. The number of para-hydroxylation sites is 1. The second-order valence-corrected chi connectivity index (χ2v) is 6.42. The van der Waals surface area contributed by atoms with Gasteiger partial charge in [-0.3, -0.25) is 4.79 Å². The molecular weight excluding hydrogens is 337 g/mol. The monoisotopic (exact) mass is 345 g/mol. The Kier molecular flexibility index (Phi) is 4.41. The van der Waals surface area contributed by atoms with Crippen molar-refractivity contribution in [2.75, 3.05) is 0 Å². The lowest BCUT2D eigenvalue weighted by molar-refractivity contribution is 0.0999. The molecule has 1 amide bonds. The van der Waals surface area contributed by atoms with E-state index < -0.39 is 16.0 Å². The Morgan fingerprint density at radius 3 is 2.19 bits per heavy atom. The van der Waals surface area contributed by atoms with Crippen LogP contribution in [0.1, 0.15) is 10.4 Å². The van der Waals surface area contributed by atoms with Gasteiger partial charge in [0.15, 0.2) is 5.75 Å². The second kappa shape index (κ2) is 5.93. The number of benzene rings is 2. The quantitative estimate of drug-likeness (QED) is 0.863. The highest BCUT2D eigenvalue weighted by Crippen LogP contribution is 2.26. The lowest BCUT2D eigenvalue weighted by atomic mass is 10.2. The Hall–Kier alpha value is -1.76. The van der Waals surface area contributed by atoms with Gasteiger partial charge in [0, 0.05) is 10.0 Å². The molecule has 5 nitrogen and oxygen atoms in total. The molecule has 0 heterocycles. The maximum absolute atomic E-state index is 12.2. The molecule has 0 aliphatic rings. The van der Waals surface area contributed by atoms with Gasteiger partial charge in [-0.2, -0.15) is 8.42 Å². The highest BCUT2D eigenvalue weighted by atomic mass is 35.5. The van der Waals surface area contributed by atoms with Crippen LogP contribution < -0.4 is 9.92 Å². The van der Waals surface area contributed by atoms with E-state index in [2.05, 4.69) is 0 Å².